The lowest BCUT2D eigenvalue weighted by Crippen LogP contribution is -2.26. The number of thiophene rings is 1. The number of nitrogens with zero attached hydrogens (tertiary/aromatic N) is 1. The summed E-state index contributed by atoms with van der Waals surface area (Å²) in [7, 11) is 0. The van der Waals surface area contributed by atoms with Crippen LogP contribution in [0.3, 0.4) is 0 Å². The molecule has 0 aliphatic carbocycles. The Balaban J connectivity index is 2.11. The number of nitrogens with two attached hydrogens (primary N) is 1. The van der Waals surface area contributed by atoms with E-state index in [4.69, 9.17) is 5.73 Å². The number of carbonyl (C=O) groups excluding carboxylic acids is 2. The van der Waals surface area contributed by atoms with Gasteiger partial charge in [0.1, 0.15) is 0 Å². The molecule has 0 atom stereocenters. The van der Waals surface area contributed by atoms with Gasteiger partial charge in [-0.3, -0.25) is 9.59 Å². The molecule has 4 nitrogen and oxygen atoms in total. The molecule has 2 rings (SSSR count). The maximum absolute atomic E-state index is 12.0. The Morgan fingerprint density at radius 1 is 1.25 bits per heavy atom. The Labute approximate surface area is 98.0 Å². The smallest absolute Gasteiger partial charge is 0.263 e. The molecule has 1 aliphatic heterocycles. The minimum atomic E-state index is -0.106. The molecule has 5 heteroatoms. The van der Waals surface area contributed by atoms with Crippen LogP contribution in [0, 0.1) is 0 Å². The van der Waals surface area contributed by atoms with Gasteiger partial charge in [0.25, 0.3) is 5.91 Å². The largest absolute Gasteiger partial charge is 0.338 e. The van der Waals surface area contributed by atoms with Crippen molar-refractivity contribution in [1.82, 2.24) is 4.90 Å². The van der Waals surface area contributed by atoms with Crippen LogP contribution in [0.5, 0.6) is 0 Å². The molecular weight excluding hydrogens is 224 g/mol. The van der Waals surface area contributed by atoms with Crippen molar-refractivity contribution in [2.24, 2.45) is 5.73 Å². The molecular formula is C11H14N2O2S. The van der Waals surface area contributed by atoms with Crippen LogP contribution in [0.2, 0.25) is 0 Å². The average molecular weight is 238 g/mol. The zero-order valence-corrected chi connectivity index (χ0v) is 9.76. The summed E-state index contributed by atoms with van der Waals surface area (Å²) in [6.07, 6.45) is 2.15. The van der Waals surface area contributed by atoms with Crippen molar-refractivity contribution in [2.45, 2.75) is 12.8 Å². The number of amides is 1. The fraction of sp³-hybridized carbons (Fsp3) is 0.455. The van der Waals surface area contributed by atoms with E-state index in [1.54, 1.807) is 12.1 Å². The number of hydrogen-bond donors (Lipinski definition) is 1. The summed E-state index contributed by atoms with van der Waals surface area (Å²) in [5.74, 6) is -0.0657. The van der Waals surface area contributed by atoms with E-state index in [0.29, 0.717) is 9.75 Å². The summed E-state index contributed by atoms with van der Waals surface area (Å²) in [5.41, 5.74) is 5.27. The van der Waals surface area contributed by atoms with Gasteiger partial charge in [-0.2, -0.15) is 0 Å². The summed E-state index contributed by atoms with van der Waals surface area (Å²) in [4.78, 5) is 26.3. The second-order valence-electron chi connectivity index (χ2n) is 3.79. The molecule has 0 spiro atoms. The number of Topliss-reactive ketones (excluding diaryl/α,β-unsaturated/α-hetero) is 1. The number of rotatable bonds is 3. The second kappa shape index (κ2) is 4.76. The molecule has 0 radical (unpaired) electrons. The first kappa shape index (κ1) is 11.3. The van der Waals surface area contributed by atoms with Gasteiger partial charge in [-0.15, -0.1) is 11.3 Å². The van der Waals surface area contributed by atoms with E-state index in [-0.39, 0.29) is 18.2 Å². The number of ketones is 1. The summed E-state index contributed by atoms with van der Waals surface area (Å²) in [5, 5.41) is 0. The Kier molecular flexibility index (Phi) is 3.36. The lowest BCUT2D eigenvalue weighted by molar-refractivity contribution is 0.0797. The van der Waals surface area contributed by atoms with Crippen LogP contribution in [-0.4, -0.2) is 36.2 Å². The summed E-state index contributed by atoms with van der Waals surface area (Å²) < 4.78 is 0. The molecule has 2 N–H and O–H groups in total. The normalized spacial score (nSPS) is 15.4. The van der Waals surface area contributed by atoms with Gasteiger partial charge in [-0.25, -0.2) is 0 Å². The maximum Gasteiger partial charge on any atom is 0.263 e. The lowest BCUT2D eigenvalue weighted by atomic mass is 10.3. The van der Waals surface area contributed by atoms with Gasteiger partial charge in [0, 0.05) is 13.1 Å². The predicted molar refractivity (Wildman–Crippen MR) is 62.8 cm³/mol. The van der Waals surface area contributed by atoms with Crippen LogP contribution in [0.25, 0.3) is 0 Å². The quantitative estimate of drug-likeness (QED) is 0.803. The fourth-order valence-corrected chi connectivity index (χ4v) is 2.70. The SMILES string of the molecule is NCC(=O)c1ccc(C(=O)N2CCCC2)s1. The third-order valence-electron chi connectivity index (χ3n) is 2.67. The molecule has 1 aromatic heterocycles. The Morgan fingerprint density at radius 3 is 2.50 bits per heavy atom. The van der Waals surface area contributed by atoms with E-state index < -0.39 is 0 Å². The molecule has 1 aromatic rings. The molecule has 1 fully saturated rings. The summed E-state index contributed by atoms with van der Waals surface area (Å²) in [6.45, 7) is 1.66. The highest BCUT2D eigenvalue weighted by molar-refractivity contribution is 7.16. The van der Waals surface area contributed by atoms with Crippen LogP contribution in [0.15, 0.2) is 12.1 Å². The van der Waals surface area contributed by atoms with Crippen molar-refractivity contribution in [1.29, 1.82) is 0 Å². The Morgan fingerprint density at radius 2 is 1.88 bits per heavy atom. The van der Waals surface area contributed by atoms with E-state index >= 15 is 0 Å². The van der Waals surface area contributed by atoms with Crippen molar-refractivity contribution in [2.75, 3.05) is 19.6 Å². The van der Waals surface area contributed by atoms with Gasteiger partial charge in [-0.05, 0) is 25.0 Å². The van der Waals surface area contributed by atoms with Crippen molar-refractivity contribution in [3.63, 3.8) is 0 Å². The first-order chi connectivity index (χ1) is 7.72. The first-order valence-corrected chi connectivity index (χ1v) is 6.16. The van der Waals surface area contributed by atoms with Gasteiger partial charge < -0.3 is 10.6 Å². The van der Waals surface area contributed by atoms with Gasteiger partial charge in [0.05, 0.1) is 16.3 Å². The number of likely N-dealkylation sites (tertiary alicyclic amines) is 1. The fourth-order valence-electron chi connectivity index (χ4n) is 1.78. The van der Waals surface area contributed by atoms with Crippen LogP contribution in [-0.2, 0) is 0 Å². The van der Waals surface area contributed by atoms with E-state index in [0.717, 1.165) is 25.9 Å². The minimum absolute atomic E-state index is 0.00212. The topological polar surface area (TPSA) is 63.4 Å². The second-order valence-corrected chi connectivity index (χ2v) is 4.87. The predicted octanol–water partition coefficient (Wildman–Crippen LogP) is 1.13. The maximum atomic E-state index is 12.0. The van der Waals surface area contributed by atoms with Gasteiger partial charge in [-0.1, -0.05) is 0 Å². The molecule has 1 amide bonds. The Hall–Kier alpha value is -1.20. The standard InChI is InChI=1S/C11H14N2O2S/c12-7-8(14)9-3-4-10(16-9)11(15)13-5-1-2-6-13/h3-4H,1-2,5-7,12H2. The molecule has 1 aliphatic rings. The monoisotopic (exact) mass is 238 g/mol. The molecule has 0 bridgehead atoms. The molecule has 1 saturated heterocycles. The van der Waals surface area contributed by atoms with E-state index in [1.807, 2.05) is 4.90 Å². The van der Waals surface area contributed by atoms with Gasteiger partial charge >= 0.3 is 0 Å². The highest BCUT2D eigenvalue weighted by Crippen LogP contribution is 2.20. The molecule has 2 heterocycles. The average Bonchev–Trinajstić information content (AvgIpc) is 2.97. The van der Waals surface area contributed by atoms with Crippen molar-refractivity contribution < 1.29 is 9.59 Å². The first-order valence-electron chi connectivity index (χ1n) is 5.35. The molecule has 0 aromatic carbocycles. The van der Waals surface area contributed by atoms with Gasteiger partial charge in [0.2, 0.25) is 0 Å². The van der Waals surface area contributed by atoms with Crippen LogP contribution in [0.4, 0.5) is 0 Å². The Bertz CT molecular complexity index is 408. The summed E-state index contributed by atoms with van der Waals surface area (Å²) >= 11 is 1.24. The highest BCUT2D eigenvalue weighted by atomic mass is 32.1. The van der Waals surface area contributed by atoms with Crippen molar-refractivity contribution in [3.05, 3.63) is 21.9 Å². The molecule has 16 heavy (non-hydrogen) atoms. The zero-order valence-electron chi connectivity index (χ0n) is 8.94. The lowest BCUT2D eigenvalue weighted by Gasteiger charge is -2.13. The molecule has 0 saturated carbocycles. The van der Waals surface area contributed by atoms with Crippen molar-refractivity contribution in [3.8, 4) is 0 Å². The highest BCUT2D eigenvalue weighted by Gasteiger charge is 2.21. The zero-order chi connectivity index (χ0) is 11.5. The minimum Gasteiger partial charge on any atom is -0.338 e. The number of carbonyl (C=O) groups is 2. The summed E-state index contributed by atoms with van der Waals surface area (Å²) in [6, 6.07) is 3.40. The third kappa shape index (κ3) is 2.15. The van der Waals surface area contributed by atoms with Crippen LogP contribution in [0.1, 0.15) is 32.2 Å². The van der Waals surface area contributed by atoms with E-state index in [2.05, 4.69) is 0 Å². The van der Waals surface area contributed by atoms with Crippen LogP contribution >= 0.6 is 11.3 Å². The molecule has 86 valence electrons. The molecule has 0 unspecified atom stereocenters. The third-order valence-corrected chi connectivity index (χ3v) is 3.78. The number of hydrogen-bond acceptors (Lipinski definition) is 4. The van der Waals surface area contributed by atoms with E-state index in [9.17, 15) is 9.59 Å². The van der Waals surface area contributed by atoms with Crippen molar-refractivity contribution >= 4 is 23.0 Å². The van der Waals surface area contributed by atoms with Gasteiger partial charge in [0.15, 0.2) is 5.78 Å². The van der Waals surface area contributed by atoms with Crippen LogP contribution < -0.4 is 5.73 Å². The van der Waals surface area contributed by atoms with E-state index in [1.165, 1.54) is 11.3 Å².